The van der Waals surface area contributed by atoms with Crippen molar-refractivity contribution in [3.05, 3.63) is 77.2 Å². The summed E-state index contributed by atoms with van der Waals surface area (Å²) in [5.41, 5.74) is -0.502. The van der Waals surface area contributed by atoms with E-state index in [-0.39, 0.29) is 42.8 Å². The maximum Gasteiger partial charge on any atom is 0.416 e. The van der Waals surface area contributed by atoms with Gasteiger partial charge >= 0.3 is 6.18 Å². The Hall–Kier alpha value is -2.94. The van der Waals surface area contributed by atoms with Crippen molar-refractivity contribution in [3.8, 4) is 5.75 Å². The first-order valence-corrected chi connectivity index (χ1v) is 8.35. The van der Waals surface area contributed by atoms with Crippen LogP contribution in [-0.2, 0) is 25.9 Å². The van der Waals surface area contributed by atoms with Crippen LogP contribution in [0.25, 0.3) is 0 Å². The second kappa shape index (κ2) is 8.39. The number of rotatable bonds is 7. The molecule has 3 rings (SSSR count). The van der Waals surface area contributed by atoms with Crippen molar-refractivity contribution in [2.45, 2.75) is 25.9 Å². The normalized spacial score (nSPS) is 11.8. The molecule has 0 radical (unpaired) electrons. The van der Waals surface area contributed by atoms with Crippen molar-refractivity contribution in [3.63, 3.8) is 0 Å². The Morgan fingerprint density at radius 1 is 1.04 bits per heavy atom. The molecular weight excluding hydrogens is 378 g/mol. The van der Waals surface area contributed by atoms with Crippen molar-refractivity contribution >= 4 is 0 Å². The average Bonchev–Trinajstić information content (AvgIpc) is 3.08. The van der Waals surface area contributed by atoms with Gasteiger partial charge < -0.3 is 9.26 Å². The minimum Gasteiger partial charge on any atom is -0.485 e. The Bertz CT molecular complexity index is 910. The molecule has 0 atom stereocenters. The molecule has 0 aliphatic heterocycles. The molecule has 0 unspecified atom stereocenters. The summed E-state index contributed by atoms with van der Waals surface area (Å²) < 4.78 is 62.6. The quantitative estimate of drug-likeness (QED) is 0.554. The van der Waals surface area contributed by atoms with Gasteiger partial charge in [-0.25, -0.2) is 4.39 Å². The van der Waals surface area contributed by atoms with Gasteiger partial charge in [0.25, 0.3) is 0 Å². The lowest BCUT2D eigenvalue weighted by Gasteiger charge is -2.18. The van der Waals surface area contributed by atoms with E-state index in [9.17, 15) is 17.6 Å². The predicted molar refractivity (Wildman–Crippen MR) is 91.6 cm³/mol. The fourth-order valence-electron chi connectivity index (χ4n) is 2.60. The number of hydrogen-bond acceptors (Lipinski definition) is 5. The number of halogens is 4. The third-order valence-electron chi connectivity index (χ3n) is 3.86. The van der Waals surface area contributed by atoms with Gasteiger partial charge in [0.1, 0.15) is 11.6 Å². The zero-order valence-corrected chi connectivity index (χ0v) is 14.9. The maximum absolute atomic E-state index is 13.1. The predicted octanol–water partition coefficient (Wildman–Crippen LogP) is 4.44. The SMILES string of the molecule is CN(Cc1nc(COc2ccc(F)cc2)no1)Cc1ccccc1C(F)(F)F. The lowest BCUT2D eigenvalue weighted by molar-refractivity contribution is -0.138. The van der Waals surface area contributed by atoms with Crippen molar-refractivity contribution < 1.29 is 26.8 Å². The molecule has 3 aromatic rings. The summed E-state index contributed by atoms with van der Waals surface area (Å²) in [4.78, 5) is 5.80. The summed E-state index contributed by atoms with van der Waals surface area (Å²) in [6.45, 7) is 0.269. The lowest BCUT2D eigenvalue weighted by atomic mass is 10.1. The summed E-state index contributed by atoms with van der Waals surface area (Å²) >= 11 is 0. The van der Waals surface area contributed by atoms with Crippen LogP contribution in [0.4, 0.5) is 17.6 Å². The van der Waals surface area contributed by atoms with E-state index in [1.807, 2.05) is 0 Å². The number of alkyl halides is 3. The van der Waals surface area contributed by atoms with Gasteiger partial charge in [0, 0.05) is 6.54 Å². The fourth-order valence-corrected chi connectivity index (χ4v) is 2.60. The molecule has 1 aromatic heterocycles. The van der Waals surface area contributed by atoms with E-state index in [2.05, 4.69) is 10.1 Å². The molecule has 28 heavy (non-hydrogen) atoms. The largest absolute Gasteiger partial charge is 0.485 e. The number of benzene rings is 2. The minimum atomic E-state index is -4.41. The summed E-state index contributed by atoms with van der Waals surface area (Å²) in [5, 5.41) is 3.77. The molecule has 1 heterocycles. The molecule has 0 aliphatic carbocycles. The Balaban J connectivity index is 1.57. The average molecular weight is 395 g/mol. The van der Waals surface area contributed by atoms with Crippen LogP contribution in [0.15, 0.2) is 53.1 Å². The smallest absolute Gasteiger partial charge is 0.416 e. The topological polar surface area (TPSA) is 51.4 Å². The van der Waals surface area contributed by atoms with E-state index in [4.69, 9.17) is 9.26 Å². The summed E-state index contributed by atoms with van der Waals surface area (Å²) in [6.07, 6.45) is -4.41. The molecule has 0 saturated heterocycles. The zero-order valence-electron chi connectivity index (χ0n) is 14.9. The van der Waals surface area contributed by atoms with Crippen LogP contribution in [0.3, 0.4) is 0 Å². The Labute approximate surface area is 158 Å². The monoisotopic (exact) mass is 395 g/mol. The Kier molecular flexibility index (Phi) is 5.93. The van der Waals surface area contributed by atoms with Crippen molar-refractivity contribution in [1.29, 1.82) is 0 Å². The number of hydrogen-bond donors (Lipinski definition) is 0. The molecule has 5 nitrogen and oxygen atoms in total. The Morgan fingerprint density at radius 2 is 1.75 bits per heavy atom. The molecule has 0 fully saturated rings. The van der Waals surface area contributed by atoms with Crippen LogP contribution < -0.4 is 4.74 Å². The second-order valence-electron chi connectivity index (χ2n) is 6.17. The van der Waals surface area contributed by atoms with Gasteiger partial charge in [-0.05, 0) is 42.9 Å². The molecular formula is C19H17F4N3O2. The molecule has 0 spiro atoms. The molecule has 148 valence electrons. The van der Waals surface area contributed by atoms with E-state index in [1.54, 1.807) is 18.0 Å². The standard InChI is InChI=1S/C19H17F4N3O2/c1-26(10-13-4-2-3-5-16(13)19(21,22)23)11-18-24-17(25-28-18)12-27-15-8-6-14(20)7-9-15/h2-9H,10-12H2,1H3. The van der Waals surface area contributed by atoms with Gasteiger partial charge in [0.15, 0.2) is 6.61 Å². The van der Waals surface area contributed by atoms with Crippen LogP contribution in [0.2, 0.25) is 0 Å². The second-order valence-corrected chi connectivity index (χ2v) is 6.17. The van der Waals surface area contributed by atoms with Crippen molar-refractivity contribution in [1.82, 2.24) is 15.0 Å². The van der Waals surface area contributed by atoms with Crippen molar-refractivity contribution in [2.24, 2.45) is 0 Å². The van der Waals surface area contributed by atoms with E-state index in [0.717, 1.165) is 6.07 Å². The summed E-state index contributed by atoms with van der Waals surface area (Å²) in [5.74, 6) is 0.617. The first-order chi connectivity index (χ1) is 13.3. The van der Waals surface area contributed by atoms with Gasteiger partial charge in [-0.15, -0.1) is 0 Å². The maximum atomic E-state index is 13.1. The highest BCUT2D eigenvalue weighted by atomic mass is 19.4. The number of ether oxygens (including phenoxy) is 1. The third kappa shape index (κ3) is 5.29. The van der Waals surface area contributed by atoms with Crippen LogP contribution in [0, 0.1) is 5.82 Å². The van der Waals surface area contributed by atoms with Crippen molar-refractivity contribution in [2.75, 3.05) is 7.05 Å². The number of aromatic nitrogens is 2. The third-order valence-corrected chi connectivity index (χ3v) is 3.86. The van der Waals surface area contributed by atoms with E-state index < -0.39 is 11.7 Å². The molecule has 0 aliphatic rings. The highest BCUT2D eigenvalue weighted by Crippen LogP contribution is 2.32. The molecule has 2 aromatic carbocycles. The van der Waals surface area contributed by atoms with Gasteiger partial charge in [0.05, 0.1) is 12.1 Å². The highest BCUT2D eigenvalue weighted by Gasteiger charge is 2.33. The van der Waals surface area contributed by atoms with Crippen LogP contribution in [0.1, 0.15) is 22.8 Å². The molecule has 0 amide bonds. The van der Waals surface area contributed by atoms with Gasteiger partial charge in [0.2, 0.25) is 11.7 Å². The molecule has 0 saturated carbocycles. The molecule has 9 heteroatoms. The van der Waals surface area contributed by atoms with Gasteiger partial charge in [-0.1, -0.05) is 23.4 Å². The van der Waals surface area contributed by atoms with E-state index >= 15 is 0 Å². The number of nitrogens with zero attached hydrogens (tertiary/aromatic N) is 3. The zero-order chi connectivity index (χ0) is 20.1. The molecule has 0 bridgehead atoms. The highest BCUT2D eigenvalue weighted by molar-refractivity contribution is 5.29. The lowest BCUT2D eigenvalue weighted by Crippen LogP contribution is -2.20. The van der Waals surface area contributed by atoms with Gasteiger partial charge in [-0.2, -0.15) is 18.2 Å². The van der Waals surface area contributed by atoms with Crippen LogP contribution >= 0.6 is 0 Å². The first kappa shape index (κ1) is 19.8. The van der Waals surface area contributed by atoms with E-state index in [0.29, 0.717) is 5.75 Å². The fraction of sp³-hybridized carbons (Fsp3) is 0.263. The summed E-state index contributed by atoms with van der Waals surface area (Å²) in [7, 11) is 1.66. The minimum absolute atomic E-state index is 0.0236. The molecule has 0 N–H and O–H groups in total. The summed E-state index contributed by atoms with van der Waals surface area (Å²) in [6, 6.07) is 10.9. The van der Waals surface area contributed by atoms with Gasteiger partial charge in [-0.3, -0.25) is 4.90 Å². The van der Waals surface area contributed by atoms with Crippen LogP contribution in [-0.4, -0.2) is 22.1 Å². The first-order valence-electron chi connectivity index (χ1n) is 8.35. The van der Waals surface area contributed by atoms with E-state index in [1.165, 1.54) is 36.4 Å². The Morgan fingerprint density at radius 3 is 2.46 bits per heavy atom. The van der Waals surface area contributed by atoms with Crippen LogP contribution in [0.5, 0.6) is 5.75 Å².